The molecular weight excluding hydrogens is 427 g/mol. The predicted molar refractivity (Wildman–Crippen MR) is 118 cm³/mol. The van der Waals surface area contributed by atoms with Crippen LogP contribution < -0.4 is 0 Å². The van der Waals surface area contributed by atoms with Crippen molar-refractivity contribution in [1.82, 2.24) is 19.6 Å². The Hall–Kier alpha value is -1.80. The van der Waals surface area contributed by atoms with E-state index in [0.29, 0.717) is 23.1 Å². The minimum absolute atomic E-state index is 0.128. The summed E-state index contributed by atoms with van der Waals surface area (Å²) in [7, 11) is 3.74. The highest BCUT2D eigenvalue weighted by atomic mass is 35.5. The number of aliphatic hydroxyl groups is 1. The molecule has 164 valence electrons. The summed E-state index contributed by atoms with van der Waals surface area (Å²) in [6, 6.07) is 5.17. The first-order valence-electron chi connectivity index (χ1n) is 10.1. The molecule has 1 N–H and O–H groups in total. The smallest absolute Gasteiger partial charge is 0.289 e. The van der Waals surface area contributed by atoms with Crippen molar-refractivity contribution in [2.45, 2.75) is 13.0 Å². The number of amides is 2. The first kappa shape index (κ1) is 22.9. The van der Waals surface area contributed by atoms with Crippen molar-refractivity contribution in [2.75, 3.05) is 59.9 Å². The van der Waals surface area contributed by atoms with E-state index in [1.54, 1.807) is 30.1 Å². The van der Waals surface area contributed by atoms with Gasteiger partial charge in [-0.3, -0.25) is 9.59 Å². The van der Waals surface area contributed by atoms with Crippen molar-refractivity contribution >= 4 is 35.0 Å². The van der Waals surface area contributed by atoms with Gasteiger partial charge < -0.3 is 24.7 Å². The Morgan fingerprint density at radius 1 is 1.13 bits per heavy atom. The van der Waals surface area contributed by atoms with Gasteiger partial charge in [-0.15, -0.1) is 0 Å². The molecule has 0 atom stereocenters. The third-order valence-corrected chi connectivity index (χ3v) is 6.37. The fourth-order valence-corrected chi connectivity index (χ4v) is 4.09. The molecule has 1 aromatic carbocycles. The Balaban J connectivity index is 1.57. The molecule has 0 radical (unpaired) electrons. The first-order valence-corrected chi connectivity index (χ1v) is 10.8. The second kappa shape index (κ2) is 10.0. The second-order valence-corrected chi connectivity index (χ2v) is 8.78. The van der Waals surface area contributed by atoms with E-state index >= 15 is 0 Å². The average molecular weight is 455 g/mol. The molecule has 3 rings (SSSR count). The topological polar surface area (TPSA) is 67.3 Å². The molecule has 1 fully saturated rings. The van der Waals surface area contributed by atoms with Crippen LogP contribution in [0.5, 0.6) is 0 Å². The summed E-state index contributed by atoms with van der Waals surface area (Å²) in [6.45, 7) is 5.66. The predicted octanol–water partition coefficient (Wildman–Crippen LogP) is 2.24. The number of halogens is 2. The molecule has 0 spiro atoms. The number of hydrogen-bond acceptors (Lipinski definition) is 5. The van der Waals surface area contributed by atoms with Gasteiger partial charge in [0.1, 0.15) is 0 Å². The molecule has 2 aliphatic rings. The minimum Gasteiger partial charge on any atom is -0.503 e. The van der Waals surface area contributed by atoms with Crippen LogP contribution in [0.2, 0.25) is 10.0 Å². The third kappa shape index (κ3) is 5.46. The standard InChI is InChI=1S/C21H28Cl2N4O3/c1-24-6-3-7-26(9-8-24)10-11-27-14-16(19(28)21(27)30)20(29)25(2)13-15-4-5-17(22)18(23)12-15/h4-5,12,28H,3,6-11,13-14H2,1-2H3. The Bertz CT molecular complexity index is 846. The maximum absolute atomic E-state index is 12.8. The van der Waals surface area contributed by atoms with Crippen molar-refractivity contribution in [3.63, 3.8) is 0 Å². The quantitative estimate of drug-likeness (QED) is 0.713. The van der Waals surface area contributed by atoms with E-state index in [9.17, 15) is 14.7 Å². The summed E-state index contributed by atoms with van der Waals surface area (Å²) in [5.41, 5.74) is 0.950. The van der Waals surface area contributed by atoms with Crippen LogP contribution >= 0.6 is 23.2 Å². The van der Waals surface area contributed by atoms with Crippen LogP contribution in [0.1, 0.15) is 12.0 Å². The summed E-state index contributed by atoms with van der Waals surface area (Å²) in [4.78, 5) is 32.9. The van der Waals surface area contributed by atoms with Crippen molar-refractivity contribution in [3.05, 3.63) is 45.1 Å². The molecule has 0 aliphatic carbocycles. The van der Waals surface area contributed by atoms with Crippen LogP contribution in [-0.2, 0) is 16.1 Å². The van der Waals surface area contributed by atoms with Gasteiger partial charge in [0.05, 0.1) is 22.2 Å². The zero-order valence-corrected chi connectivity index (χ0v) is 18.9. The molecule has 30 heavy (non-hydrogen) atoms. The molecule has 2 aliphatic heterocycles. The van der Waals surface area contributed by atoms with E-state index in [1.807, 2.05) is 0 Å². The van der Waals surface area contributed by atoms with Crippen molar-refractivity contribution < 1.29 is 14.7 Å². The van der Waals surface area contributed by atoms with Crippen molar-refractivity contribution in [3.8, 4) is 0 Å². The monoisotopic (exact) mass is 454 g/mol. The molecule has 2 heterocycles. The van der Waals surface area contributed by atoms with Crippen molar-refractivity contribution in [2.24, 2.45) is 0 Å². The van der Waals surface area contributed by atoms with Crippen molar-refractivity contribution in [1.29, 1.82) is 0 Å². The van der Waals surface area contributed by atoms with Crippen LogP contribution in [0, 0.1) is 0 Å². The number of hydrogen-bond donors (Lipinski definition) is 1. The molecule has 0 aromatic heterocycles. The number of likely N-dealkylation sites (N-methyl/N-ethyl adjacent to an activating group) is 2. The Morgan fingerprint density at radius 2 is 1.90 bits per heavy atom. The molecule has 9 heteroatoms. The third-order valence-electron chi connectivity index (χ3n) is 5.63. The van der Waals surface area contributed by atoms with E-state index in [2.05, 4.69) is 16.8 Å². The molecule has 1 aromatic rings. The van der Waals surface area contributed by atoms with Gasteiger partial charge in [0.25, 0.3) is 11.8 Å². The zero-order valence-electron chi connectivity index (χ0n) is 17.4. The Labute approximate surface area is 187 Å². The summed E-state index contributed by atoms with van der Waals surface area (Å²) in [5.74, 6) is -1.30. The largest absolute Gasteiger partial charge is 0.503 e. The molecule has 0 unspecified atom stereocenters. The molecule has 2 amide bonds. The molecule has 1 saturated heterocycles. The molecule has 7 nitrogen and oxygen atoms in total. The summed E-state index contributed by atoms with van der Waals surface area (Å²) < 4.78 is 0. The van der Waals surface area contributed by atoms with Gasteiger partial charge >= 0.3 is 0 Å². The fourth-order valence-electron chi connectivity index (χ4n) is 3.77. The van der Waals surface area contributed by atoms with Gasteiger partial charge in [-0.05, 0) is 44.3 Å². The number of carbonyl (C=O) groups is 2. The van der Waals surface area contributed by atoms with Crippen LogP contribution in [0.15, 0.2) is 29.5 Å². The summed E-state index contributed by atoms with van der Waals surface area (Å²) in [5, 5.41) is 11.2. The number of carbonyl (C=O) groups excluding carboxylic acids is 2. The number of rotatable bonds is 6. The molecular formula is C21H28Cl2N4O3. The highest BCUT2D eigenvalue weighted by Crippen LogP contribution is 2.24. The van der Waals surface area contributed by atoms with Gasteiger partial charge in [0.2, 0.25) is 0 Å². The van der Waals surface area contributed by atoms with Crippen LogP contribution in [-0.4, -0.2) is 96.4 Å². The highest BCUT2D eigenvalue weighted by molar-refractivity contribution is 6.42. The van der Waals surface area contributed by atoms with Gasteiger partial charge in [0.15, 0.2) is 5.76 Å². The number of aliphatic hydroxyl groups excluding tert-OH is 1. The second-order valence-electron chi connectivity index (χ2n) is 7.96. The lowest BCUT2D eigenvalue weighted by molar-refractivity contribution is -0.128. The van der Waals surface area contributed by atoms with E-state index in [1.165, 1.54) is 4.90 Å². The Morgan fingerprint density at radius 3 is 2.63 bits per heavy atom. The lowest BCUT2D eigenvalue weighted by Crippen LogP contribution is -2.39. The van der Waals surface area contributed by atoms with Crippen LogP contribution in [0.4, 0.5) is 0 Å². The van der Waals surface area contributed by atoms with Gasteiger partial charge in [-0.1, -0.05) is 29.3 Å². The van der Waals surface area contributed by atoms with E-state index < -0.39 is 11.7 Å². The number of benzene rings is 1. The van der Waals surface area contributed by atoms with E-state index in [-0.39, 0.29) is 18.0 Å². The lowest BCUT2D eigenvalue weighted by Gasteiger charge is -2.24. The fraction of sp³-hybridized carbons (Fsp3) is 0.524. The van der Waals surface area contributed by atoms with E-state index in [4.69, 9.17) is 23.2 Å². The van der Waals surface area contributed by atoms with Gasteiger partial charge in [-0.2, -0.15) is 0 Å². The zero-order chi connectivity index (χ0) is 21.8. The summed E-state index contributed by atoms with van der Waals surface area (Å²) >= 11 is 12.0. The maximum Gasteiger partial charge on any atom is 0.289 e. The SMILES string of the molecule is CN1CCCN(CCN2CC(C(=O)N(C)Cc3ccc(Cl)c(Cl)c3)=C(O)C2=O)CC1. The Kier molecular flexibility index (Phi) is 7.63. The van der Waals surface area contributed by atoms with Crippen LogP contribution in [0.3, 0.4) is 0 Å². The average Bonchev–Trinajstić information content (AvgIpc) is 2.86. The number of nitrogens with zero attached hydrogens (tertiary/aromatic N) is 4. The lowest BCUT2D eigenvalue weighted by atomic mass is 10.2. The highest BCUT2D eigenvalue weighted by Gasteiger charge is 2.35. The maximum atomic E-state index is 12.8. The van der Waals surface area contributed by atoms with Gasteiger partial charge in [-0.25, -0.2) is 0 Å². The normalized spacial score (nSPS) is 18.8. The van der Waals surface area contributed by atoms with E-state index in [0.717, 1.165) is 44.7 Å². The summed E-state index contributed by atoms with van der Waals surface area (Å²) in [6.07, 6.45) is 1.09. The minimum atomic E-state index is -0.478. The first-order chi connectivity index (χ1) is 14.3. The molecule has 0 bridgehead atoms. The van der Waals surface area contributed by atoms with Gasteiger partial charge in [0, 0.05) is 39.8 Å². The molecule has 0 saturated carbocycles. The van der Waals surface area contributed by atoms with Crippen LogP contribution in [0.25, 0.3) is 0 Å².